The van der Waals surface area contributed by atoms with Gasteiger partial charge in [-0.1, -0.05) is 38.1 Å². The molecular weight excluding hydrogens is 296 g/mol. The fraction of sp³-hybridized carbons (Fsp3) is 0.529. The van der Waals surface area contributed by atoms with Gasteiger partial charge in [-0.15, -0.1) is 0 Å². The summed E-state index contributed by atoms with van der Waals surface area (Å²) in [6, 6.07) is 8.17. The van der Waals surface area contributed by atoms with Gasteiger partial charge in [0.2, 0.25) is 5.91 Å². The van der Waals surface area contributed by atoms with Gasteiger partial charge in [-0.3, -0.25) is 4.79 Å². The molecule has 1 aromatic rings. The molecule has 1 rings (SSSR count). The number of hydrogen-bond donors (Lipinski definition) is 3. The largest absolute Gasteiger partial charge is 0.396 e. The van der Waals surface area contributed by atoms with Crippen molar-refractivity contribution in [2.75, 3.05) is 13.2 Å². The third-order valence-electron chi connectivity index (χ3n) is 3.37. The standard InChI is InChI=1S/C17H26N2O2S/c1-12(2)11-14-5-7-15(8-6-14)13(3)16(21)19-17(22)18-9-4-10-20/h5-8,12-13,20H,4,9-11H2,1-3H3,(H2,18,19,21,22). The molecular formula is C17H26N2O2S. The molecule has 0 saturated heterocycles. The third-order valence-corrected chi connectivity index (χ3v) is 3.62. The molecule has 1 unspecified atom stereocenters. The highest BCUT2D eigenvalue weighted by Crippen LogP contribution is 2.17. The van der Waals surface area contributed by atoms with Crippen LogP contribution in [0.2, 0.25) is 0 Å². The molecule has 1 amide bonds. The highest BCUT2D eigenvalue weighted by molar-refractivity contribution is 7.80. The Hall–Kier alpha value is -1.46. The minimum Gasteiger partial charge on any atom is -0.396 e. The lowest BCUT2D eigenvalue weighted by molar-refractivity contribution is -0.120. The Morgan fingerprint density at radius 2 is 1.86 bits per heavy atom. The van der Waals surface area contributed by atoms with Crippen molar-refractivity contribution in [3.63, 3.8) is 0 Å². The zero-order valence-electron chi connectivity index (χ0n) is 13.6. The summed E-state index contributed by atoms with van der Waals surface area (Å²) in [5.74, 6) is 0.234. The van der Waals surface area contributed by atoms with E-state index in [1.54, 1.807) is 0 Å². The van der Waals surface area contributed by atoms with Crippen LogP contribution in [0, 0.1) is 5.92 Å². The number of carbonyl (C=O) groups excluding carboxylic acids is 1. The SMILES string of the molecule is CC(C)Cc1ccc(C(C)C(=O)NC(=S)NCCCO)cc1. The van der Waals surface area contributed by atoms with Gasteiger partial charge in [0.25, 0.3) is 0 Å². The van der Waals surface area contributed by atoms with Crippen LogP contribution in [0.25, 0.3) is 0 Å². The fourth-order valence-corrected chi connectivity index (χ4v) is 2.31. The average molecular weight is 322 g/mol. The molecule has 5 heteroatoms. The van der Waals surface area contributed by atoms with Crippen LogP contribution in [0.4, 0.5) is 0 Å². The van der Waals surface area contributed by atoms with Crippen LogP contribution in [0.5, 0.6) is 0 Å². The van der Waals surface area contributed by atoms with E-state index < -0.39 is 0 Å². The van der Waals surface area contributed by atoms with Crippen molar-refractivity contribution in [1.82, 2.24) is 10.6 Å². The van der Waals surface area contributed by atoms with Crippen LogP contribution < -0.4 is 10.6 Å². The zero-order chi connectivity index (χ0) is 16.5. The number of nitrogens with one attached hydrogen (secondary N) is 2. The highest BCUT2D eigenvalue weighted by atomic mass is 32.1. The fourth-order valence-electron chi connectivity index (χ4n) is 2.11. The molecule has 0 aliphatic carbocycles. The summed E-state index contributed by atoms with van der Waals surface area (Å²) in [6.07, 6.45) is 1.64. The Bertz CT molecular complexity index is 486. The van der Waals surface area contributed by atoms with Crippen molar-refractivity contribution < 1.29 is 9.90 Å². The third kappa shape index (κ3) is 6.54. The average Bonchev–Trinajstić information content (AvgIpc) is 2.47. The summed E-state index contributed by atoms with van der Waals surface area (Å²) in [7, 11) is 0. The van der Waals surface area contributed by atoms with E-state index in [1.807, 2.05) is 19.1 Å². The van der Waals surface area contributed by atoms with Crippen molar-refractivity contribution in [2.24, 2.45) is 5.92 Å². The Kier molecular flexibility index (Phi) is 8.06. The molecule has 122 valence electrons. The smallest absolute Gasteiger partial charge is 0.233 e. The molecule has 0 spiro atoms. The predicted octanol–water partition coefficient (Wildman–Crippen LogP) is 2.36. The maximum absolute atomic E-state index is 12.2. The normalized spacial score (nSPS) is 12.0. The Balaban J connectivity index is 2.53. The van der Waals surface area contributed by atoms with E-state index in [4.69, 9.17) is 17.3 Å². The van der Waals surface area contributed by atoms with Crippen molar-refractivity contribution in [2.45, 2.75) is 39.5 Å². The molecule has 0 heterocycles. The molecule has 0 saturated carbocycles. The first-order valence-electron chi connectivity index (χ1n) is 7.72. The van der Waals surface area contributed by atoms with Gasteiger partial charge in [0.1, 0.15) is 0 Å². The van der Waals surface area contributed by atoms with Gasteiger partial charge in [0.05, 0.1) is 5.92 Å². The van der Waals surface area contributed by atoms with Crippen LogP contribution in [0.15, 0.2) is 24.3 Å². The first-order valence-corrected chi connectivity index (χ1v) is 8.13. The summed E-state index contributed by atoms with van der Waals surface area (Å²) in [6.45, 7) is 6.89. The van der Waals surface area contributed by atoms with E-state index in [-0.39, 0.29) is 18.4 Å². The molecule has 3 N–H and O–H groups in total. The van der Waals surface area contributed by atoms with E-state index in [9.17, 15) is 4.79 Å². The van der Waals surface area contributed by atoms with Crippen molar-refractivity contribution in [3.8, 4) is 0 Å². The lowest BCUT2D eigenvalue weighted by Gasteiger charge is -2.15. The van der Waals surface area contributed by atoms with Crippen molar-refractivity contribution in [3.05, 3.63) is 35.4 Å². The summed E-state index contributed by atoms with van der Waals surface area (Å²) in [5.41, 5.74) is 2.26. The molecule has 1 atom stereocenters. The molecule has 0 bridgehead atoms. The van der Waals surface area contributed by atoms with E-state index >= 15 is 0 Å². The first-order chi connectivity index (χ1) is 10.4. The number of aliphatic hydroxyl groups is 1. The number of amides is 1. The molecule has 22 heavy (non-hydrogen) atoms. The van der Waals surface area contributed by atoms with Gasteiger partial charge < -0.3 is 15.7 Å². The summed E-state index contributed by atoms with van der Waals surface area (Å²) in [4.78, 5) is 12.2. The quantitative estimate of drug-likeness (QED) is 0.533. The second kappa shape index (κ2) is 9.54. The van der Waals surface area contributed by atoms with Crippen LogP contribution in [-0.4, -0.2) is 29.3 Å². The molecule has 0 aliphatic rings. The van der Waals surface area contributed by atoms with Crippen molar-refractivity contribution in [1.29, 1.82) is 0 Å². The number of thiocarbonyl (C=S) groups is 1. The van der Waals surface area contributed by atoms with Crippen LogP contribution in [-0.2, 0) is 11.2 Å². The number of rotatable bonds is 7. The lowest BCUT2D eigenvalue weighted by Crippen LogP contribution is -2.41. The van der Waals surface area contributed by atoms with Crippen LogP contribution >= 0.6 is 12.2 Å². The summed E-state index contributed by atoms with van der Waals surface area (Å²) >= 11 is 5.06. The number of benzene rings is 1. The van der Waals surface area contributed by atoms with Gasteiger partial charge in [-0.25, -0.2) is 0 Å². The second-order valence-electron chi connectivity index (χ2n) is 5.88. The maximum atomic E-state index is 12.2. The van der Waals surface area contributed by atoms with E-state index in [1.165, 1.54) is 5.56 Å². The second-order valence-corrected chi connectivity index (χ2v) is 6.29. The van der Waals surface area contributed by atoms with E-state index in [2.05, 4.69) is 36.6 Å². The number of carbonyl (C=O) groups is 1. The minimum absolute atomic E-state index is 0.0999. The zero-order valence-corrected chi connectivity index (χ0v) is 14.4. The Labute approximate surface area is 138 Å². The predicted molar refractivity (Wildman–Crippen MR) is 93.8 cm³/mol. The monoisotopic (exact) mass is 322 g/mol. The molecule has 0 radical (unpaired) electrons. The molecule has 0 aromatic heterocycles. The van der Waals surface area contributed by atoms with Gasteiger partial charge in [-0.05, 0) is 49.0 Å². The first kappa shape index (κ1) is 18.6. The van der Waals surface area contributed by atoms with E-state index in [0.717, 1.165) is 12.0 Å². The molecule has 0 fully saturated rings. The number of hydrogen-bond acceptors (Lipinski definition) is 3. The van der Waals surface area contributed by atoms with Gasteiger partial charge in [0.15, 0.2) is 5.11 Å². The highest BCUT2D eigenvalue weighted by Gasteiger charge is 2.16. The summed E-state index contributed by atoms with van der Waals surface area (Å²) < 4.78 is 0. The lowest BCUT2D eigenvalue weighted by atomic mass is 9.96. The van der Waals surface area contributed by atoms with Gasteiger partial charge >= 0.3 is 0 Å². The number of aliphatic hydroxyl groups excluding tert-OH is 1. The van der Waals surface area contributed by atoms with Crippen LogP contribution in [0.1, 0.15) is 44.2 Å². The minimum atomic E-state index is -0.259. The summed E-state index contributed by atoms with van der Waals surface area (Å²) in [5, 5.41) is 14.6. The van der Waals surface area contributed by atoms with Crippen LogP contribution in [0.3, 0.4) is 0 Å². The Morgan fingerprint density at radius 3 is 2.41 bits per heavy atom. The van der Waals surface area contributed by atoms with Gasteiger partial charge in [0, 0.05) is 13.2 Å². The topological polar surface area (TPSA) is 61.4 Å². The van der Waals surface area contributed by atoms with Crippen molar-refractivity contribution >= 4 is 23.2 Å². The molecule has 4 nitrogen and oxygen atoms in total. The van der Waals surface area contributed by atoms with Gasteiger partial charge in [-0.2, -0.15) is 0 Å². The molecule has 0 aliphatic heterocycles. The maximum Gasteiger partial charge on any atom is 0.233 e. The van der Waals surface area contributed by atoms with E-state index in [0.29, 0.717) is 24.0 Å². The molecule has 1 aromatic carbocycles. The Morgan fingerprint density at radius 1 is 1.23 bits per heavy atom.